The highest BCUT2D eigenvalue weighted by Gasteiger charge is 2.39. The minimum Gasteiger partial charge on any atom is -0.321 e. The van der Waals surface area contributed by atoms with Gasteiger partial charge in [-0.2, -0.15) is 23.4 Å². The van der Waals surface area contributed by atoms with E-state index in [4.69, 9.17) is 0 Å². The van der Waals surface area contributed by atoms with Crippen LogP contribution < -0.4 is 5.32 Å². The van der Waals surface area contributed by atoms with Gasteiger partial charge in [-0.25, -0.2) is 0 Å². The molecule has 0 bridgehead atoms. The summed E-state index contributed by atoms with van der Waals surface area (Å²) in [5, 5.41) is 10.6. The summed E-state index contributed by atoms with van der Waals surface area (Å²) in [5.74, 6) is -0.464. The van der Waals surface area contributed by atoms with E-state index in [1.165, 1.54) is 13.8 Å². The standard InChI is InChI=1S/C15H19BrF3N5O/c1-6-23-9(4)12(7(2)21-23)20-14(25)10(5)24-8(3)11(16)13(22-24)15(17,18)19/h10H,6H2,1-5H3,(H,20,25)/t10-/m1/s1. The van der Waals surface area contributed by atoms with E-state index in [1.807, 2.05) is 13.8 Å². The van der Waals surface area contributed by atoms with Gasteiger partial charge in [-0.1, -0.05) is 0 Å². The number of aromatic nitrogens is 4. The molecule has 0 saturated heterocycles. The van der Waals surface area contributed by atoms with E-state index in [9.17, 15) is 18.0 Å². The number of nitrogens with zero attached hydrogens (tertiary/aromatic N) is 4. The molecule has 0 aromatic carbocycles. The molecule has 0 radical (unpaired) electrons. The number of carbonyl (C=O) groups excluding carboxylic acids is 1. The summed E-state index contributed by atoms with van der Waals surface area (Å²) < 4.78 is 41.6. The minimum atomic E-state index is -4.60. The zero-order valence-electron chi connectivity index (χ0n) is 14.5. The maximum Gasteiger partial charge on any atom is 0.436 e. The molecule has 2 aromatic heterocycles. The number of amides is 1. The third kappa shape index (κ3) is 3.58. The highest BCUT2D eigenvalue weighted by molar-refractivity contribution is 9.10. The van der Waals surface area contributed by atoms with Crippen LogP contribution in [0.3, 0.4) is 0 Å². The van der Waals surface area contributed by atoms with Crippen LogP contribution in [0.25, 0.3) is 0 Å². The predicted molar refractivity (Wildman–Crippen MR) is 90.4 cm³/mol. The Kier molecular flexibility index (Phi) is 5.31. The quantitative estimate of drug-likeness (QED) is 0.810. The van der Waals surface area contributed by atoms with E-state index in [2.05, 4.69) is 31.4 Å². The molecule has 1 amide bonds. The first-order valence-corrected chi connectivity index (χ1v) is 8.45. The summed E-state index contributed by atoms with van der Waals surface area (Å²) in [6, 6.07) is -0.920. The molecule has 0 aliphatic heterocycles. The maximum atomic E-state index is 13.0. The van der Waals surface area contributed by atoms with Crippen LogP contribution in [-0.4, -0.2) is 25.5 Å². The van der Waals surface area contributed by atoms with Crippen LogP contribution >= 0.6 is 15.9 Å². The number of aryl methyl sites for hydroxylation is 2. The van der Waals surface area contributed by atoms with Crippen LogP contribution in [0, 0.1) is 20.8 Å². The number of rotatable bonds is 4. The smallest absolute Gasteiger partial charge is 0.321 e. The zero-order chi connectivity index (χ0) is 19.1. The van der Waals surface area contributed by atoms with Crippen molar-refractivity contribution < 1.29 is 18.0 Å². The molecule has 0 unspecified atom stereocenters. The molecule has 6 nitrogen and oxygen atoms in total. The van der Waals surface area contributed by atoms with Crippen molar-refractivity contribution in [1.29, 1.82) is 0 Å². The van der Waals surface area contributed by atoms with Gasteiger partial charge in [0.25, 0.3) is 0 Å². The van der Waals surface area contributed by atoms with Gasteiger partial charge in [0.1, 0.15) is 6.04 Å². The first-order valence-electron chi connectivity index (χ1n) is 7.65. The van der Waals surface area contributed by atoms with E-state index < -0.39 is 23.8 Å². The Balaban J connectivity index is 2.31. The number of hydrogen-bond acceptors (Lipinski definition) is 3. The van der Waals surface area contributed by atoms with Crippen molar-refractivity contribution in [3.8, 4) is 0 Å². The van der Waals surface area contributed by atoms with Gasteiger partial charge < -0.3 is 5.32 Å². The van der Waals surface area contributed by atoms with E-state index in [-0.39, 0.29) is 10.2 Å². The second-order valence-corrected chi connectivity index (χ2v) is 6.51. The Labute approximate surface area is 151 Å². The van der Waals surface area contributed by atoms with Crippen molar-refractivity contribution in [2.24, 2.45) is 0 Å². The van der Waals surface area contributed by atoms with Crippen LogP contribution in [0.15, 0.2) is 4.47 Å². The maximum absolute atomic E-state index is 13.0. The molecule has 2 aromatic rings. The third-order valence-corrected chi connectivity index (χ3v) is 4.97. The Hall–Kier alpha value is -1.84. The van der Waals surface area contributed by atoms with Crippen molar-refractivity contribution in [2.45, 2.75) is 53.4 Å². The third-order valence-electron chi connectivity index (χ3n) is 4.02. The van der Waals surface area contributed by atoms with E-state index >= 15 is 0 Å². The molecule has 0 fully saturated rings. The SMILES string of the molecule is CCn1nc(C)c(NC(=O)[C@@H](C)n2nc(C(F)(F)F)c(Br)c2C)c1C. The van der Waals surface area contributed by atoms with E-state index in [0.717, 1.165) is 10.4 Å². The van der Waals surface area contributed by atoms with Gasteiger partial charge in [-0.15, -0.1) is 0 Å². The van der Waals surface area contributed by atoms with Crippen LogP contribution in [0.5, 0.6) is 0 Å². The molecule has 0 saturated carbocycles. The van der Waals surface area contributed by atoms with Crippen LogP contribution in [0.4, 0.5) is 18.9 Å². The lowest BCUT2D eigenvalue weighted by Crippen LogP contribution is -2.26. The number of halogens is 4. The average molecular weight is 422 g/mol. The number of nitrogens with one attached hydrogen (secondary N) is 1. The first kappa shape index (κ1) is 19.5. The lowest BCUT2D eigenvalue weighted by molar-refractivity contribution is -0.142. The van der Waals surface area contributed by atoms with Crippen molar-refractivity contribution in [3.63, 3.8) is 0 Å². The zero-order valence-corrected chi connectivity index (χ0v) is 16.1. The Morgan fingerprint density at radius 1 is 1.24 bits per heavy atom. The van der Waals surface area contributed by atoms with Crippen LogP contribution in [0.2, 0.25) is 0 Å². The van der Waals surface area contributed by atoms with E-state index in [1.54, 1.807) is 11.6 Å². The topological polar surface area (TPSA) is 64.7 Å². The Bertz CT molecular complexity index is 809. The molecule has 25 heavy (non-hydrogen) atoms. The second kappa shape index (κ2) is 6.81. The normalized spacial score (nSPS) is 13.2. The molecule has 0 aliphatic carbocycles. The number of anilines is 1. The molecule has 2 heterocycles. The summed E-state index contributed by atoms with van der Waals surface area (Å²) >= 11 is 2.91. The largest absolute Gasteiger partial charge is 0.436 e. The summed E-state index contributed by atoms with van der Waals surface area (Å²) in [6.45, 7) is 9.13. The second-order valence-electron chi connectivity index (χ2n) is 5.72. The van der Waals surface area contributed by atoms with Gasteiger partial charge in [0.15, 0.2) is 5.69 Å². The van der Waals surface area contributed by atoms with Gasteiger partial charge in [0, 0.05) is 6.54 Å². The molecule has 0 spiro atoms. The van der Waals surface area contributed by atoms with Gasteiger partial charge in [-0.05, 0) is 50.5 Å². The highest BCUT2D eigenvalue weighted by Crippen LogP contribution is 2.36. The van der Waals surface area contributed by atoms with Gasteiger partial charge in [0.2, 0.25) is 5.91 Å². The highest BCUT2D eigenvalue weighted by atomic mass is 79.9. The lowest BCUT2D eigenvalue weighted by Gasteiger charge is -2.15. The monoisotopic (exact) mass is 421 g/mol. The molecule has 1 N–H and O–H groups in total. The van der Waals surface area contributed by atoms with Gasteiger partial charge >= 0.3 is 6.18 Å². The summed E-state index contributed by atoms with van der Waals surface area (Å²) in [4.78, 5) is 12.5. The van der Waals surface area contributed by atoms with Crippen molar-refractivity contribution in [1.82, 2.24) is 19.6 Å². The summed E-state index contributed by atoms with van der Waals surface area (Å²) in [6.07, 6.45) is -4.60. The van der Waals surface area contributed by atoms with Crippen LogP contribution in [0.1, 0.15) is 42.7 Å². The Morgan fingerprint density at radius 3 is 2.28 bits per heavy atom. The van der Waals surface area contributed by atoms with Crippen molar-refractivity contribution in [2.75, 3.05) is 5.32 Å². The molecule has 10 heteroatoms. The molecule has 2 rings (SSSR count). The Morgan fingerprint density at radius 2 is 1.84 bits per heavy atom. The van der Waals surface area contributed by atoms with Crippen LogP contribution in [-0.2, 0) is 17.5 Å². The predicted octanol–water partition coefficient (Wildman–Crippen LogP) is 4.01. The summed E-state index contributed by atoms with van der Waals surface area (Å²) in [7, 11) is 0. The van der Waals surface area contributed by atoms with Gasteiger partial charge in [0.05, 0.1) is 27.2 Å². The lowest BCUT2D eigenvalue weighted by atomic mass is 10.2. The average Bonchev–Trinajstić information content (AvgIpc) is 2.97. The van der Waals surface area contributed by atoms with Gasteiger partial charge in [-0.3, -0.25) is 14.2 Å². The minimum absolute atomic E-state index is 0.161. The fraction of sp³-hybridized carbons (Fsp3) is 0.533. The van der Waals surface area contributed by atoms with E-state index in [0.29, 0.717) is 17.9 Å². The fourth-order valence-electron chi connectivity index (χ4n) is 2.58. The first-order chi connectivity index (χ1) is 11.5. The number of alkyl halides is 3. The molecule has 0 aliphatic rings. The number of hydrogen-bond donors (Lipinski definition) is 1. The van der Waals surface area contributed by atoms with Crippen molar-refractivity contribution in [3.05, 3.63) is 27.2 Å². The fourth-order valence-corrected chi connectivity index (χ4v) is 3.07. The molecular formula is C15H19BrF3N5O. The van der Waals surface area contributed by atoms with Crippen molar-refractivity contribution >= 4 is 27.5 Å². The number of carbonyl (C=O) groups is 1. The molecular weight excluding hydrogens is 403 g/mol. The molecule has 138 valence electrons. The summed E-state index contributed by atoms with van der Waals surface area (Å²) in [5.41, 5.74) is 1.19. The molecule has 1 atom stereocenters.